The standard InChI is InChI=1S/C68H66N2/c1-65(2,3)49-27-33-61-57(41-49)58-42-50(66(4,5)6)28-34-62(58)70(61)60-32-26-46-23-29-55-59(31-25-45-24-30-56(60)64(46)63(45)55)69(53-37-47(43-19-15-13-16-20-43)35-51(39-53)67(7,8)9)54-38-48(44-21-17-14-18-22-44)36-52(40-54)68(10,11)12/h13-42H,1-12H3. The zero-order valence-corrected chi connectivity index (χ0v) is 43.2. The third-order valence-electron chi connectivity index (χ3n) is 14.9. The Bertz CT molecular complexity index is 3610. The first-order valence-electron chi connectivity index (χ1n) is 25.2. The Labute approximate surface area is 415 Å². The van der Waals surface area contributed by atoms with Gasteiger partial charge in [0.05, 0.1) is 22.4 Å². The predicted octanol–water partition coefficient (Wildman–Crippen LogP) is 19.7. The van der Waals surface area contributed by atoms with Gasteiger partial charge in [0.25, 0.3) is 0 Å². The third-order valence-corrected chi connectivity index (χ3v) is 14.9. The third kappa shape index (κ3) is 7.83. The van der Waals surface area contributed by atoms with E-state index in [1.54, 1.807) is 0 Å². The fourth-order valence-electron chi connectivity index (χ4n) is 10.7. The minimum absolute atomic E-state index is 0.0250. The van der Waals surface area contributed by atoms with E-state index in [0.29, 0.717) is 0 Å². The smallest absolute Gasteiger partial charge is 0.0541 e. The van der Waals surface area contributed by atoms with Gasteiger partial charge in [-0.05, 0) is 148 Å². The lowest BCUT2D eigenvalue weighted by Crippen LogP contribution is -2.17. The number of aromatic nitrogens is 1. The van der Waals surface area contributed by atoms with Gasteiger partial charge in [-0.25, -0.2) is 0 Å². The normalized spacial score (nSPS) is 12.9. The number of fused-ring (bicyclic) bond motifs is 3. The van der Waals surface area contributed by atoms with E-state index in [1.165, 1.54) is 104 Å². The molecule has 0 N–H and O–H groups in total. The second kappa shape index (κ2) is 16.2. The van der Waals surface area contributed by atoms with Crippen molar-refractivity contribution in [2.75, 3.05) is 4.90 Å². The number of hydrogen-bond donors (Lipinski definition) is 0. The van der Waals surface area contributed by atoms with E-state index in [9.17, 15) is 0 Å². The van der Waals surface area contributed by atoms with E-state index in [4.69, 9.17) is 0 Å². The average molecular weight is 911 g/mol. The van der Waals surface area contributed by atoms with Crippen LogP contribution in [-0.4, -0.2) is 4.57 Å². The summed E-state index contributed by atoms with van der Waals surface area (Å²) in [5.41, 5.74) is 17.1. The number of hydrogen-bond acceptors (Lipinski definition) is 1. The maximum atomic E-state index is 2.56. The Morgan fingerprint density at radius 1 is 0.314 bits per heavy atom. The quantitative estimate of drug-likeness (QED) is 0.151. The number of nitrogens with zero attached hydrogens (tertiary/aromatic N) is 2. The molecule has 0 amide bonds. The molecular weight excluding hydrogens is 845 g/mol. The van der Waals surface area contributed by atoms with Crippen LogP contribution in [0.15, 0.2) is 182 Å². The van der Waals surface area contributed by atoms with Crippen molar-refractivity contribution >= 4 is 71.2 Å². The Kier molecular flexibility index (Phi) is 10.5. The van der Waals surface area contributed by atoms with Crippen molar-refractivity contribution in [1.29, 1.82) is 0 Å². The lowest BCUT2D eigenvalue weighted by molar-refractivity contribution is 0.590. The van der Waals surface area contributed by atoms with Gasteiger partial charge < -0.3 is 9.47 Å². The molecule has 0 unspecified atom stereocenters. The largest absolute Gasteiger partial charge is 0.310 e. The first kappa shape index (κ1) is 45.3. The van der Waals surface area contributed by atoms with Gasteiger partial charge in [0, 0.05) is 32.9 Å². The van der Waals surface area contributed by atoms with Crippen molar-refractivity contribution < 1.29 is 0 Å². The molecular formula is C68H66N2. The highest BCUT2D eigenvalue weighted by atomic mass is 15.1. The monoisotopic (exact) mass is 911 g/mol. The van der Waals surface area contributed by atoms with Crippen LogP contribution in [-0.2, 0) is 21.7 Å². The summed E-state index contributed by atoms with van der Waals surface area (Å²) in [5, 5.41) is 10.1. The van der Waals surface area contributed by atoms with Crippen LogP contribution in [0.3, 0.4) is 0 Å². The van der Waals surface area contributed by atoms with E-state index in [1.807, 2.05) is 0 Å². The molecule has 0 fully saturated rings. The van der Waals surface area contributed by atoms with Crippen molar-refractivity contribution in [2.45, 2.75) is 105 Å². The Morgan fingerprint density at radius 3 is 1.19 bits per heavy atom. The molecule has 0 atom stereocenters. The molecule has 70 heavy (non-hydrogen) atoms. The van der Waals surface area contributed by atoms with Crippen LogP contribution < -0.4 is 4.90 Å². The molecule has 0 aliphatic heterocycles. The van der Waals surface area contributed by atoms with Crippen LogP contribution in [0.2, 0.25) is 0 Å². The summed E-state index contributed by atoms with van der Waals surface area (Å²) in [6.45, 7) is 27.9. The van der Waals surface area contributed by atoms with Crippen LogP contribution >= 0.6 is 0 Å². The molecule has 1 heterocycles. The fourth-order valence-corrected chi connectivity index (χ4v) is 10.7. The summed E-state index contributed by atoms with van der Waals surface area (Å²) in [5.74, 6) is 0. The van der Waals surface area contributed by atoms with E-state index in [0.717, 1.165) is 17.1 Å². The second-order valence-electron chi connectivity index (χ2n) is 24.0. The summed E-state index contributed by atoms with van der Waals surface area (Å²) in [6, 6.07) is 69.5. The zero-order chi connectivity index (χ0) is 49.1. The SMILES string of the molecule is CC(C)(C)c1cc(-c2ccccc2)cc(N(c2cc(-c3ccccc3)cc(C(C)(C)C)c2)c2ccc3ccc4c(-n5c6ccc(C(C)(C)C)cc6c6cc(C(C)(C)C)ccc65)ccc5ccc2c3c54)c1. The average Bonchev–Trinajstić information content (AvgIpc) is 3.66. The minimum atomic E-state index is -0.0951. The molecule has 0 aliphatic carbocycles. The van der Waals surface area contributed by atoms with Gasteiger partial charge in [-0.3, -0.25) is 0 Å². The van der Waals surface area contributed by atoms with E-state index < -0.39 is 0 Å². The fraction of sp³-hybridized carbons (Fsp3) is 0.235. The van der Waals surface area contributed by atoms with Crippen LogP contribution in [0.25, 0.3) is 82.1 Å². The number of rotatable bonds is 6. The molecule has 2 nitrogen and oxygen atoms in total. The molecule has 2 heteroatoms. The molecule has 0 bridgehead atoms. The molecule has 0 saturated carbocycles. The maximum Gasteiger partial charge on any atom is 0.0541 e. The topological polar surface area (TPSA) is 8.17 Å². The van der Waals surface area contributed by atoms with Crippen LogP contribution in [0, 0.1) is 0 Å². The summed E-state index contributed by atoms with van der Waals surface area (Å²) in [6.07, 6.45) is 0. The summed E-state index contributed by atoms with van der Waals surface area (Å²) in [7, 11) is 0. The highest BCUT2D eigenvalue weighted by Gasteiger charge is 2.27. The lowest BCUT2D eigenvalue weighted by Gasteiger charge is -2.32. The summed E-state index contributed by atoms with van der Waals surface area (Å²) >= 11 is 0. The Hall–Kier alpha value is -7.16. The summed E-state index contributed by atoms with van der Waals surface area (Å²) in [4.78, 5) is 2.56. The van der Waals surface area contributed by atoms with Crippen LogP contribution in [0.5, 0.6) is 0 Å². The van der Waals surface area contributed by atoms with Crippen molar-refractivity contribution in [3.8, 4) is 27.9 Å². The van der Waals surface area contributed by atoms with Gasteiger partial charge in [0.2, 0.25) is 0 Å². The van der Waals surface area contributed by atoms with Crippen LogP contribution in [0.1, 0.15) is 105 Å². The van der Waals surface area contributed by atoms with E-state index >= 15 is 0 Å². The lowest BCUT2D eigenvalue weighted by atomic mass is 9.84. The Morgan fingerprint density at radius 2 is 0.729 bits per heavy atom. The van der Waals surface area contributed by atoms with Crippen molar-refractivity contribution in [3.63, 3.8) is 0 Å². The van der Waals surface area contributed by atoms with Crippen molar-refractivity contribution in [3.05, 3.63) is 204 Å². The van der Waals surface area contributed by atoms with Gasteiger partial charge in [-0.15, -0.1) is 0 Å². The van der Waals surface area contributed by atoms with Gasteiger partial charge >= 0.3 is 0 Å². The molecule has 0 saturated heterocycles. The molecule has 348 valence electrons. The van der Waals surface area contributed by atoms with Crippen LogP contribution in [0.4, 0.5) is 17.1 Å². The first-order chi connectivity index (χ1) is 33.2. The van der Waals surface area contributed by atoms with Gasteiger partial charge in [-0.2, -0.15) is 0 Å². The molecule has 11 rings (SSSR count). The zero-order valence-electron chi connectivity index (χ0n) is 43.2. The second-order valence-corrected chi connectivity index (χ2v) is 24.0. The van der Waals surface area contributed by atoms with E-state index in [2.05, 4.69) is 275 Å². The Balaban J connectivity index is 1.22. The maximum absolute atomic E-state index is 2.56. The van der Waals surface area contributed by atoms with Crippen molar-refractivity contribution in [1.82, 2.24) is 4.57 Å². The van der Waals surface area contributed by atoms with Gasteiger partial charge in [-0.1, -0.05) is 204 Å². The van der Waals surface area contributed by atoms with E-state index in [-0.39, 0.29) is 21.7 Å². The molecule has 0 radical (unpaired) electrons. The molecule has 1 aromatic heterocycles. The van der Waals surface area contributed by atoms with Gasteiger partial charge in [0.1, 0.15) is 0 Å². The molecule has 0 spiro atoms. The first-order valence-corrected chi connectivity index (χ1v) is 25.2. The van der Waals surface area contributed by atoms with Crippen molar-refractivity contribution in [2.24, 2.45) is 0 Å². The number of benzene rings is 10. The summed E-state index contributed by atoms with van der Waals surface area (Å²) < 4.78 is 2.54. The highest BCUT2D eigenvalue weighted by Crippen LogP contribution is 2.49. The molecule has 11 aromatic rings. The molecule has 10 aromatic carbocycles. The highest BCUT2D eigenvalue weighted by molar-refractivity contribution is 6.27. The number of anilines is 3. The molecule has 0 aliphatic rings. The van der Waals surface area contributed by atoms with Gasteiger partial charge in [0.15, 0.2) is 0 Å². The predicted molar refractivity (Wildman–Crippen MR) is 305 cm³/mol. The minimum Gasteiger partial charge on any atom is -0.310 e.